The molecule has 2 N–H and O–H groups in total. The van der Waals surface area contributed by atoms with Gasteiger partial charge in [-0.25, -0.2) is 13.1 Å². The summed E-state index contributed by atoms with van der Waals surface area (Å²) in [4.78, 5) is 25.1. The molecule has 2 aromatic heterocycles. The number of hydrogen-bond acceptors (Lipinski definition) is 7. The summed E-state index contributed by atoms with van der Waals surface area (Å²) in [6.45, 7) is 2.91. The third-order valence-corrected chi connectivity index (χ3v) is 6.70. The molecule has 3 rings (SSSR count). The predicted octanol–water partition coefficient (Wildman–Crippen LogP) is 4.23. The fourth-order valence-corrected chi connectivity index (χ4v) is 5.04. The van der Waals surface area contributed by atoms with Crippen LogP contribution in [0.25, 0.3) is 0 Å². The van der Waals surface area contributed by atoms with E-state index in [1.165, 1.54) is 25.3 Å². The monoisotopic (exact) mass is 452 g/mol. The lowest BCUT2D eigenvalue weighted by atomic mass is 10.0. The second-order valence-electron chi connectivity index (χ2n) is 6.47. The maximum absolute atomic E-state index is 13.1. The molecule has 0 aliphatic rings. The largest absolute Gasteiger partial charge is 0.337 e. The Morgan fingerprint density at radius 3 is 2.60 bits per heavy atom. The van der Waals surface area contributed by atoms with E-state index in [9.17, 15) is 18.0 Å². The average molecular weight is 453 g/mol. The first-order valence-corrected chi connectivity index (χ1v) is 10.9. The highest BCUT2D eigenvalue weighted by atomic mass is 32.2. The highest BCUT2D eigenvalue weighted by Gasteiger charge is 2.27. The van der Waals surface area contributed by atoms with Crippen LogP contribution < -0.4 is 10.0 Å². The molecule has 0 unspecified atom stereocenters. The third-order valence-electron chi connectivity index (χ3n) is 4.29. The molecule has 0 aliphatic heterocycles. The number of thiophene rings is 1. The Morgan fingerprint density at radius 1 is 1.23 bits per heavy atom. The van der Waals surface area contributed by atoms with Crippen LogP contribution in [0.15, 0.2) is 32.9 Å². The van der Waals surface area contributed by atoms with Crippen LogP contribution in [0.5, 0.6) is 0 Å². The minimum atomic E-state index is -4.30. The SMILES string of the molecule is [2H]c1c(C)c([2H])c(C(=O)C([2H])([2H])[2H])c(NC(=O)c2sccc2S(=O)(=O)Nc2onc(C)c2C)c1C. The van der Waals surface area contributed by atoms with Gasteiger partial charge in [0.2, 0.25) is 5.88 Å². The van der Waals surface area contributed by atoms with E-state index in [0.717, 1.165) is 11.3 Å². The van der Waals surface area contributed by atoms with Crippen LogP contribution in [-0.4, -0.2) is 25.3 Å². The summed E-state index contributed by atoms with van der Waals surface area (Å²) in [5, 5.41) is 7.42. The highest BCUT2D eigenvalue weighted by Crippen LogP contribution is 2.29. The van der Waals surface area contributed by atoms with E-state index in [1.807, 2.05) is 0 Å². The van der Waals surface area contributed by atoms with Gasteiger partial charge < -0.3 is 9.84 Å². The molecule has 3 aromatic rings. The van der Waals surface area contributed by atoms with E-state index in [1.54, 1.807) is 13.8 Å². The molecule has 0 saturated carbocycles. The Kier molecular flexibility index (Phi) is 4.23. The summed E-state index contributed by atoms with van der Waals surface area (Å²) in [7, 11) is -4.30. The van der Waals surface area contributed by atoms with Crippen molar-refractivity contribution in [3.8, 4) is 0 Å². The molecule has 30 heavy (non-hydrogen) atoms. The van der Waals surface area contributed by atoms with Crippen molar-refractivity contribution in [2.24, 2.45) is 0 Å². The fourth-order valence-electron chi connectivity index (χ4n) is 2.67. The highest BCUT2D eigenvalue weighted by molar-refractivity contribution is 7.93. The first-order chi connectivity index (χ1) is 16.1. The number of amides is 1. The first-order valence-electron chi connectivity index (χ1n) is 11.1. The van der Waals surface area contributed by atoms with Crippen molar-refractivity contribution in [3.63, 3.8) is 0 Å². The number of ketones is 1. The van der Waals surface area contributed by atoms with Crippen molar-refractivity contribution in [3.05, 3.63) is 56.4 Å². The van der Waals surface area contributed by atoms with Gasteiger partial charge in [-0.2, -0.15) is 0 Å². The lowest BCUT2D eigenvalue weighted by Gasteiger charge is -2.14. The maximum atomic E-state index is 13.1. The minimum absolute atomic E-state index is 0.0614. The Morgan fingerprint density at radius 2 is 1.97 bits per heavy atom. The van der Waals surface area contributed by atoms with Crippen LogP contribution in [0.3, 0.4) is 0 Å². The van der Waals surface area contributed by atoms with Gasteiger partial charge in [-0.3, -0.25) is 9.59 Å². The quantitative estimate of drug-likeness (QED) is 0.541. The number of hydrogen-bond donors (Lipinski definition) is 2. The number of aromatic nitrogens is 1. The van der Waals surface area contributed by atoms with Gasteiger partial charge in [0.05, 0.1) is 14.1 Å². The van der Waals surface area contributed by atoms with E-state index in [-0.39, 0.29) is 38.5 Å². The second-order valence-corrected chi connectivity index (χ2v) is 9.04. The number of carbonyl (C=O) groups is 2. The summed E-state index contributed by atoms with van der Waals surface area (Å²) in [6.07, 6.45) is 0. The van der Waals surface area contributed by atoms with Gasteiger partial charge in [-0.05, 0) is 63.2 Å². The van der Waals surface area contributed by atoms with E-state index < -0.39 is 40.2 Å². The van der Waals surface area contributed by atoms with Crippen molar-refractivity contribution in [2.45, 2.75) is 39.4 Å². The number of anilines is 2. The van der Waals surface area contributed by atoms with Crippen LogP contribution in [0.1, 0.15) is 56.1 Å². The van der Waals surface area contributed by atoms with Crippen molar-refractivity contribution >= 4 is 44.6 Å². The van der Waals surface area contributed by atoms with Crippen molar-refractivity contribution in [1.29, 1.82) is 0 Å². The maximum Gasteiger partial charge on any atom is 0.267 e. The lowest BCUT2D eigenvalue weighted by Crippen LogP contribution is -2.20. The van der Waals surface area contributed by atoms with Gasteiger partial charge in [0.15, 0.2) is 5.78 Å². The van der Waals surface area contributed by atoms with Gasteiger partial charge in [-0.15, -0.1) is 11.3 Å². The number of sulfonamides is 1. The molecule has 8 nitrogen and oxygen atoms in total. The molecule has 1 aromatic carbocycles. The molecular weight excluding hydrogens is 426 g/mol. The van der Waals surface area contributed by atoms with Crippen molar-refractivity contribution in [1.82, 2.24) is 5.16 Å². The molecular formula is C20H21N3O5S2. The van der Waals surface area contributed by atoms with Crippen LogP contribution in [0, 0.1) is 27.7 Å². The van der Waals surface area contributed by atoms with Crippen LogP contribution in [-0.2, 0) is 10.0 Å². The summed E-state index contributed by atoms with van der Waals surface area (Å²) >= 11 is 0.794. The van der Waals surface area contributed by atoms with Crippen molar-refractivity contribution < 1.29 is 29.4 Å². The summed E-state index contributed by atoms with van der Waals surface area (Å²) in [6, 6.07) is 0.529. The molecule has 0 fully saturated rings. The van der Waals surface area contributed by atoms with Gasteiger partial charge in [0.25, 0.3) is 15.9 Å². The average Bonchev–Trinajstić information content (AvgIpc) is 3.38. The predicted molar refractivity (Wildman–Crippen MR) is 115 cm³/mol. The van der Waals surface area contributed by atoms with Crippen LogP contribution >= 0.6 is 11.3 Å². The zero-order valence-electron chi connectivity index (χ0n) is 21.5. The molecule has 2 heterocycles. The van der Waals surface area contributed by atoms with Gasteiger partial charge in [0, 0.05) is 15.2 Å². The smallest absolute Gasteiger partial charge is 0.267 e. The third kappa shape index (κ3) is 4.14. The standard InChI is InChI=1S/C20H21N3O5S2/c1-10-8-11(2)17(15(9-10)14(5)24)21-19(25)18-16(6-7-29-18)30(26,27)23-20-12(3)13(4)22-28-20/h6-9,23H,1-5H3,(H,21,25)/i5D3,8D,9D. The first kappa shape index (κ1) is 15.8. The Balaban J connectivity index is 2.06. The molecule has 1 amide bonds. The molecule has 0 spiro atoms. The molecule has 0 atom stereocenters. The van der Waals surface area contributed by atoms with Crippen molar-refractivity contribution in [2.75, 3.05) is 10.0 Å². The number of carbonyl (C=O) groups excluding carboxylic acids is 2. The van der Waals surface area contributed by atoms with Gasteiger partial charge >= 0.3 is 0 Å². The number of nitrogens with zero attached hydrogens (tertiary/aromatic N) is 1. The van der Waals surface area contributed by atoms with E-state index in [4.69, 9.17) is 11.4 Å². The lowest BCUT2D eigenvalue weighted by molar-refractivity contribution is 0.101. The zero-order valence-corrected chi connectivity index (χ0v) is 18.1. The van der Waals surface area contributed by atoms with E-state index in [2.05, 4.69) is 15.2 Å². The number of Topliss-reactive ketones (excluding diaryl/α,β-unsaturated/α-hetero) is 1. The minimum Gasteiger partial charge on any atom is -0.337 e. The second kappa shape index (κ2) is 8.04. The summed E-state index contributed by atoms with van der Waals surface area (Å²) in [5.74, 6) is -2.45. The molecule has 0 saturated heterocycles. The van der Waals surface area contributed by atoms with E-state index >= 15 is 0 Å². The zero-order chi connectivity index (χ0) is 26.5. The molecule has 10 heteroatoms. The van der Waals surface area contributed by atoms with Crippen LogP contribution in [0.2, 0.25) is 0 Å². The topological polar surface area (TPSA) is 118 Å². The number of nitrogens with one attached hydrogen (secondary N) is 2. The number of rotatable bonds is 6. The normalized spacial score (nSPS) is 14.2. The molecule has 0 bridgehead atoms. The van der Waals surface area contributed by atoms with Gasteiger partial charge in [0.1, 0.15) is 9.77 Å². The summed E-state index contributed by atoms with van der Waals surface area (Å²) < 4.78 is 72.0. The Bertz CT molecular complexity index is 1460. The number of benzene rings is 1. The van der Waals surface area contributed by atoms with E-state index in [0.29, 0.717) is 11.3 Å². The Hall–Kier alpha value is -2.98. The van der Waals surface area contributed by atoms with Gasteiger partial charge in [-0.1, -0.05) is 11.2 Å². The molecule has 0 aliphatic carbocycles. The molecule has 0 radical (unpaired) electrons. The van der Waals surface area contributed by atoms with Crippen LogP contribution in [0.4, 0.5) is 11.6 Å². The Labute approximate surface area is 185 Å². The number of aryl methyl sites for hydroxylation is 1. The fraction of sp³-hybridized carbons (Fsp3) is 0.250. The molecule has 158 valence electrons. The summed E-state index contributed by atoms with van der Waals surface area (Å²) in [5.41, 5.74) is 0.161.